The number of benzene rings is 1. The van der Waals surface area contributed by atoms with E-state index >= 15 is 0 Å². The Hall–Kier alpha value is -1.49. The van der Waals surface area contributed by atoms with Crippen LogP contribution < -0.4 is 14.8 Å². The Balaban J connectivity index is 1.82. The minimum atomic E-state index is -3.64. The van der Waals surface area contributed by atoms with Crippen LogP contribution in [-0.2, 0) is 24.8 Å². The van der Waals surface area contributed by atoms with Gasteiger partial charge in [-0.25, -0.2) is 26.3 Å². The maximum Gasteiger partial charge on any atom is 0.240 e. The Morgan fingerprint density at radius 3 is 2.35 bits per heavy atom. The predicted octanol–water partition coefficient (Wildman–Crippen LogP) is 3.12. The molecule has 0 spiro atoms. The molecule has 10 heteroatoms. The van der Waals surface area contributed by atoms with E-state index in [-0.39, 0.29) is 29.8 Å². The lowest BCUT2D eigenvalue weighted by Gasteiger charge is -2.22. The van der Waals surface area contributed by atoms with Gasteiger partial charge in [0.25, 0.3) is 0 Å². The highest BCUT2D eigenvalue weighted by molar-refractivity contribution is 7.90. The highest BCUT2D eigenvalue weighted by atomic mass is 32.2. The first kappa shape index (κ1) is 25.8. The Morgan fingerprint density at radius 1 is 1.03 bits per heavy atom. The molecule has 8 nitrogen and oxygen atoms in total. The van der Waals surface area contributed by atoms with Gasteiger partial charge in [-0.05, 0) is 64.7 Å². The number of hydrogen-bond acceptors (Lipinski definition) is 5. The number of unbranched alkanes of at least 4 members (excludes halogenated alkanes) is 1. The maximum atomic E-state index is 12.7. The van der Waals surface area contributed by atoms with Crippen molar-refractivity contribution < 1.29 is 21.6 Å². The third-order valence-corrected chi connectivity index (χ3v) is 9.00. The molecule has 0 aromatic heterocycles. The van der Waals surface area contributed by atoms with Crippen LogP contribution in [0.5, 0.6) is 0 Å². The lowest BCUT2D eigenvalue weighted by Crippen LogP contribution is -2.39. The zero-order valence-electron chi connectivity index (χ0n) is 18.6. The average molecular weight is 474 g/mol. The van der Waals surface area contributed by atoms with Gasteiger partial charge >= 0.3 is 0 Å². The van der Waals surface area contributed by atoms with Gasteiger partial charge in [0, 0.05) is 24.7 Å². The van der Waals surface area contributed by atoms with Crippen molar-refractivity contribution in [1.29, 1.82) is 0 Å². The van der Waals surface area contributed by atoms with Crippen molar-refractivity contribution in [3.8, 4) is 0 Å². The van der Waals surface area contributed by atoms with Crippen molar-refractivity contribution in [3.05, 3.63) is 24.3 Å². The second-order valence-electron chi connectivity index (χ2n) is 9.00. The molecule has 1 aliphatic rings. The second kappa shape index (κ2) is 10.9. The first-order valence-corrected chi connectivity index (χ1v) is 13.8. The molecule has 1 amide bonds. The normalized spacial score (nSPS) is 16.2. The molecule has 0 aliphatic heterocycles. The second-order valence-corrected chi connectivity index (χ2v) is 13.2. The van der Waals surface area contributed by atoms with Gasteiger partial charge in [-0.2, -0.15) is 0 Å². The van der Waals surface area contributed by atoms with Crippen LogP contribution in [0.4, 0.5) is 5.69 Å². The molecule has 2 rings (SSSR count). The van der Waals surface area contributed by atoms with Crippen LogP contribution in [0, 0.1) is 0 Å². The van der Waals surface area contributed by atoms with Crippen molar-refractivity contribution in [2.45, 2.75) is 87.8 Å². The van der Waals surface area contributed by atoms with E-state index in [9.17, 15) is 21.6 Å². The van der Waals surface area contributed by atoms with Crippen LogP contribution in [0.2, 0.25) is 0 Å². The van der Waals surface area contributed by atoms with Crippen molar-refractivity contribution in [3.63, 3.8) is 0 Å². The molecule has 176 valence electrons. The monoisotopic (exact) mass is 473 g/mol. The predicted molar refractivity (Wildman–Crippen MR) is 123 cm³/mol. The summed E-state index contributed by atoms with van der Waals surface area (Å²) in [4.78, 5) is 12.3. The van der Waals surface area contributed by atoms with Gasteiger partial charge in [-0.3, -0.25) is 4.79 Å². The molecule has 1 fully saturated rings. The summed E-state index contributed by atoms with van der Waals surface area (Å²) < 4.78 is 53.7. The zero-order chi connectivity index (χ0) is 23.1. The van der Waals surface area contributed by atoms with Gasteiger partial charge < -0.3 is 5.32 Å². The summed E-state index contributed by atoms with van der Waals surface area (Å²) >= 11 is 0. The van der Waals surface area contributed by atoms with Crippen LogP contribution >= 0.6 is 0 Å². The molecule has 0 radical (unpaired) electrons. The van der Waals surface area contributed by atoms with Gasteiger partial charge in [0.2, 0.25) is 26.0 Å². The molecule has 1 aliphatic carbocycles. The number of rotatable bonds is 10. The highest BCUT2D eigenvalue weighted by Gasteiger charge is 2.28. The van der Waals surface area contributed by atoms with Gasteiger partial charge in [-0.1, -0.05) is 25.3 Å². The van der Waals surface area contributed by atoms with Crippen molar-refractivity contribution in [2.75, 3.05) is 11.9 Å². The van der Waals surface area contributed by atoms with E-state index in [0.29, 0.717) is 18.5 Å². The number of amides is 1. The van der Waals surface area contributed by atoms with Gasteiger partial charge in [0.05, 0.1) is 9.64 Å². The number of sulfonamides is 2. The van der Waals surface area contributed by atoms with Crippen LogP contribution in [0.15, 0.2) is 29.2 Å². The van der Waals surface area contributed by atoms with Crippen molar-refractivity contribution in [1.82, 2.24) is 9.44 Å². The third-order valence-electron chi connectivity index (χ3n) is 5.28. The van der Waals surface area contributed by atoms with Crippen LogP contribution in [0.3, 0.4) is 0 Å². The van der Waals surface area contributed by atoms with E-state index in [2.05, 4.69) is 14.8 Å². The fourth-order valence-corrected chi connectivity index (χ4v) is 5.50. The smallest absolute Gasteiger partial charge is 0.240 e. The number of nitrogens with one attached hydrogen (secondary N) is 3. The average Bonchev–Trinajstić information content (AvgIpc) is 2.67. The largest absolute Gasteiger partial charge is 0.326 e. The van der Waals surface area contributed by atoms with E-state index in [1.807, 2.05) is 0 Å². The van der Waals surface area contributed by atoms with Gasteiger partial charge in [-0.15, -0.1) is 0 Å². The van der Waals surface area contributed by atoms with Gasteiger partial charge in [0.15, 0.2) is 0 Å². The van der Waals surface area contributed by atoms with E-state index in [1.54, 1.807) is 32.9 Å². The minimum Gasteiger partial charge on any atom is -0.326 e. The van der Waals surface area contributed by atoms with E-state index in [0.717, 1.165) is 32.1 Å². The summed E-state index contributed by atoms with van der Waals surface area (Å²) in [6, 6.07) is 6.19. The summed E-state index contributed by atoms with van der Waals surface area (Å²) in [7, 11) is -7.03. The molecule has 0 unspecified atom stereocenters. The molecule has 0 bridgehead atoms. The van der Waals surface area contributed by atoms with Gasteiger partial charge in [0.1, 0.15) is 0 Å². The summed E-state index contributed by atoms with van der Waals surface area (Å²) in [6.45, 7) is 5.15. The van der Waals surface area contributed by atoms with Crippen LogP contribution in [-0.4, -0.2) is 40.1 Å². The van der Waals surface area contributed by atoms with Crippen LogP contribution in [0.25, 0.3) is 0 Å². The summed E-state index contributed by atoms with van der Waals surface area (Å²) in [5.41, 5.74) is 0.421. The number of hydrogen-bond donors (Lipinski definition) is 3. The SMILES string of the molecule is CC(C)(C)S(=O)(=O)NCCCCC(=O)Nc1cccc(S(=O)(=O)NC2CCCCC2)c1. The lowest BCUT2D eigenvalue weighted by molar-refractivity contribution is -0.116. The number of anilines is 1. The maximum absolute atomic E-state index is 12.7. The van der Waals surface area contributed by atoms with E-state index < -0.39 is 24.8 Å². The first-order chi connectivity index (χ1) is 14.4. The number of carbonyl (C=O) groups is 1. The van der Waals surface area contributed by atoms with Crippen molar-refractivity contribution in [2.24, 2.45) is 0 Å². The molecule has 0 saturated heterocycles. The summed E-state index contributed by atoms with van der Waals surface area (Å²) in [6.07, 6.45) is 6.16. The first-order valence-electron chi connectivity index (χ1n) is 10.8. The molecular formula is C21H35N3O5S2. The summed E-state index contributed by atoms with van der Waals surface area (Å²) in [5, 5.41) is 2.72. The zero-order valence-corrected chi connectivity index (χ0v) is 20.2. The Morgan fingerprint density at radius 2 is 1.71 bits per heavy atom. The Labute approximate surface area is 186 Å². The van der Waals surface area contributed by atoms with Crippen molar-refractivity contribution >= 4 is 31.6 Å². The quantitative estimate of drug-likeness (QED) is 0.451. The molecule has 1 aromatic carbocycles. The lowest BCUT2D eigenvalue weighted by atomic mass is 9.96. The topological polar surface area (TPSA) is 121 Å². The fourth-order valence-electron chi connectivity index (χ4n) is 3.31. The fraction of sp³-hybridized carbons (Fsp3) is 0.667. The van der Waals surface area contributed by atoms with Crippen LogP contribution in [0.1, 0.15) is 72.1 Å². The molecule has 1 aromatic rings. The molecule has 31 heavy (non-hydrogen) atoms. The molecule has 1 saturated carbocycles. The molecular weight excluding hydrogens is 438 g/mol. The standard InChI is InChI=1S/C21H35N3O5S2/c1-21(2,3)31(28,29)22-15-8-7-14-20(25)23-18-12-9-13-19(16-18)30(26,27)24-17-10-5-4-6-11-17/h9,12-13,16-17,22,24H,4-8,10-11,14-15H2,1-3H3,(H,23,25). The highest BCUT2D eigenvalue weighted by Crippen LogP contribution is 2.21. The molecule has 0 heterocycles. The molecule has 3 N–H and O–H groups in total. The third kappa shape index (κ3) is 8.17. The summed E-state index contributed by atoms with van der Waals surface area (Å²) in [5.74, 6) is -0.242. The number of carbonyl (C=O) groups excluding carboxylic acids is 1. The van der Waals surface area contributed by atoms with E-state index in [1.165, 1.54) is 12.1 Å². The Bertz CT molecular complexity index is 947. The molecule has 0 atom stereocenters. The Kier molecular flexibility index (Phi) is 9.05. The van der Waals surface area contributed by atoms with E-state index in [4.69, 9.17) is 0 Å². The minimum absolute atomic E-state index is 0.0345.